The Morgan fingerprint density at radius 1 is 1.36 bits per heavy atom. The first-order valence-electron chi connectivity index (χ1n) is 8.03. The predicted molar refractivity (Wildman–Crippen MR) is 85.4 cm³/mol. The van der Waals surface area contributed by atoms with Gasteiger partial charge in [-0.15, -0.1) is 0 Å². The summed E-state index contributed by atoms with van der Waals surface area (Å²) >= 11 is 0. The molecule has 0 saturated carbocycles. The fourth-order valence-corrected chi connectivity index (χ4v) is 2.34. The van der Waals surface area contributed by atoms with Crippen LogP contribution in [0.4, 0.5) is 5.82 Å². The first-order valence-corrected chi connectivity index (χ1v) is 8.03. The smallest absolute Gasteiger partial charge is 0.245 e. The monoisotopic (exact) mass is 309 g/mol. The van der Waals surface area contributed by atoms with Crippen LogP contribution < -0.4 is 5.32 Å². The molecule has 1 N–H and O–H groups in total. The van der Waals surface area contributed by atoms with Crippen molar-refractivity contribution in [1.29, 1.82) is 0 Å². The second-order valence-corrected chi connectivity index (χ2v) is 5.47. The number of nitrogens with zero attached hydrogens (tertiary/aromatic N) is 2. The third-order valence-corrected chi connectivity index (χ3v) is 3.67. The molecule has 1 rings (SSSR count). The molecule has 0 aliphatic carbocycles. The van der Waals surface area contributed by atoms with Crippen LogP contribution in [0.5, 0.6) is 0 Å². The van der Waals surface area contributed by atoms with E-state index in [-0.39, 0.29) is 24.3 Å². The van der Waals surface area contributed by atoms with Crippen molar-refractivity contribution in [2.75, 3.05) is 18.4 Å². The van der Waals surface area contributed by atoms with Crippen molar-refractivity contribution in [3.8, 4) is 0 Å². The Labute approximate surface area is 132 Å². The van der Waals surface area contributed by atoms with E-state index >= 15 is 0 Å². The summed E-state index contributed by atoms with van der Waals surface area (Å²) in [6, 6.07) is 1.64. The summed E-state index contributed by atoms with van der Waals surface area (Å²) < 4.78 is 4.90. The number of likely N-dealkylation sites (N-methyl/N-ethyl adjacent to an activating group) is 1. The second-order valence-electron chi connectivity index (χ2n) is 5.47. The summed E-state index contributed by atoms with van der Waals surface area (Å²) in [5.41, 5.74) is 0. The molecule has 1 aromatic rings. The van der Waals surface area contributed by atoms with Crippen LogP contribution in [-0.2, 0) is 9.59 Å². The molecule has 1 aromatic heterocycles. The van der Waals surface area contributed by atoms with Gasteiger partial charge in [0.1, 0.15) is 5.76 Å². The van der Waals surface area contributed by atoms with Crippen molar-refractivity contribution in [2.45, 2.75) is 53.4 Å². The minimum absolute atomic E-state index is 0.00185. The first-order chi connectivity index (χ1) is 10.5. The van der Waals surface area contributed by atoms with Gasteiger partial charge in [0.05, 0.1) is 6.54 Å². The third-order valence-electron chi connectivity index (χ3n) is 3.67. The molecule has 124 valence electrons. The number of carbonyl (C=O) groups excluding carboxylic acids is 2. The molecule has 6 nitrogen and oxygen atoms in total. The van der Waals surface area contributed by atoms with Gasteiger partial charge < -0.3 is 14.7 Å². The maximum absolute atomic E-state index is 12.5. The number of hydrogen-bond acceptors (Lipinski definition) is 4. The number of aryl methyl sites for hydroxylation is 1. The lowest BCUT2D eigenvalue weighted by atomic mass is 9.97. The lowest BCUT2D eigenvalue weighted by molar-refractivity contribution is -0.138. The highest BCUT2D eigenvalue weighted by Crippen LogP contribution is 2.16. The summed E-state index contributed by atoms with van der Waals surface area (Å²) in [7, 11) is 0. The number of unbranched alkanes of at least 4 members (excludes halogenated alkanes) is 1. The van der Waals surface area contributed by atoms with Crippen molar-refractivity contribution < 1.29 is 14.1 Å². The van der Waals surface area contributed by atoms with Crippen molar-refractivity contribution in [3.63, 3.8) is 0 Å². The van der Waals surface area contributed by atoms with E-state index < -0.39 is 0 Å². The molecule has 0 fully saturated rings. The SMILES string of the molecule is CCCC[C@H](CC)C(=O)N(CC)CC(=O)Nc1cc(C)on1. The third kappa shape index (κ3) is 5.50. The highest BCUT2D eigenvalue weighted by Gasteiger charge is 2.23. The predicted octanol–water partition coefficient (Wildman–Crippen LogP) is 2.99. The second kappa shape index (κ2) is 9.23. The van der Waals surface area contributed by atoms with Crippen molar-refractivity contribution in [1.82, 2.24) is 10.1 Å². The Morgan fingerprint density at radius 3 is 2.59 bits per heavy atom. The molecule has 0 spiro atoms. The van der Waals surface area contributed by atoms with E-state index in [0.29, 0.717) is 18.1 Å². The zero-order valence-electron chi connectivity index (χ0n) is 14.0. The Balaban J connectivity index is 2.58. The molecule has 0 bridgehead atoms. The first kappa shape index (κ1) is 18.2. The number of amides is 2. The fraction of sp³-hybridized carbons (Fsp3) is 0.688. The van der Waals surface area contributed by atoms with Gasteiger partial charge in [-0.3, -0.25) is 9.59 Å². The molecule has 1 heterocycles. The molecule has 0 saturated heterocycles. The van der Waals surface area contributed by atoms with Crippen LogP contribution in [0.15, 0.2) is 10.6 Å². The van der Waals surface area contributed by atoms with Gasteiger partial charge in [0.2, 0.25) is 11.8 Å². The van der Waals surface area contributed by atoms with E-state index in [9.17, 15) is 9.59 Å². The summed E-state index contributed by atoms with van der Waals surface area (Å²) in [5.74, 6) is 0.814. The number of anilines is 1. The zero-order chi connectivity index (χ0) is 16.5. The van der Waals surface area contributed by atoms with Gasteiger partial charge in [-0.05, 0) is 26.7 Å². The van der Waals surface area contributed by atoms with Crippen LogP contribution in [0, 0.1) is 12.8 Å². The lowest BCUT2D eigenvalue weighted by Gasteiger charge is -2.25. The number of aromatic nitrogens is 1. The van der Waals surface area contributed by atoms with E-state index in [1.165, 1.54) is 0 Å². The Hall–Kier alpha value is -1.85. The summed E-state index contributed by atoms with van der Waals surface area (Å²) in [4.78, 5) is 26.2. The largest absolute Gasteiger partial charge is 0.360 e. The van der Waals surface area contributed by atoms with E-state index in [4.69, 9.17) is 4.52 Å². The van der Waals surface area contributed by atoms with Gasteiger partial charge in [0, 0.05) is 18.5 Å². The quantitative estimate of drug-likeness (QED) is 0.761. The zero-order valence-corrected chi connectivity index (χ0v) is 14.0. The molecule has 6 heteroatoms. The van der Waals surface area contributed by atoms with Crippen LogP contribution >= 0.6 is 0 Å². The van der Waals surface area contributed by atoms with Crippen molar-refractivity contribution in [3.05, 3.63) is 11.8 Å². The average molecular weight is 309 g/mol. The van der Waals surface area contributed by atoms with Gasteiger partial charge in [-0.25, -0.2) is 0 Å². The van der Waals surface area contributed by atoms with Gasteiger partial charge >= 0.3 is 0 Å². The van der Waals surface area contributed by atoms with Crippen LogP contribution in [0.2, 0.25) is 0 Å². The number of carbonyl (C=O) groups is 2. The molecule has 22 heavy (non-hydrogen) atoms. The molecule has 0 radical (unpaired) electrons. The number of rotatable bonds is 9. The topological polar surface area (TPSA) is 75.4 Å². The van der Waals surface area contributed by atoms with E-state index in [0.717, 1.165) is 25.7 Å². The standard InChI is InChI=1S/C16H27N3O3/c1-5-8-9-13(6-2)16(21)19(7-3)11-15(20)17-14-10-12(4)22-18-14/h10,13H,5-9,11H2,1-4H3,(H,17,18,20)/t13-/m0/s1. The number of hydrogen-bond donors (Lipinski definition) is 1. The maximum atomic E-state index is 12.5. The van der Waals surface area contributed by atoms with Crippen LogP contribution in [0.3, 0.4) is 0 Å². The fourth-order valence-electron chi connectivity index (χ4n) is 2.34. The summed E-state index contributed by atoms with van der Waals surface area (Å²) in [6.45, 7) is 8.34. The molecule has 0 unspecified atom stereocenters. The van der Waals surface area contributed by atoms with Crippen molar-refractivity contribution in [2.24, 2.45) is 5.92 Å². The minimum Gasteiger partial charge on any atom is -0.360 e. The molecular formula is C16H27N3O3. The molecule has 0 aliphatic rings. The lowest BCUT2D eigenvalue weighted by Crippen LogP contribution is -2.41. The number of nitrogens with one attached hydrogen (secondary N) is 1. The van der Waals surface area contributed by atoms with E-state index in [2.05, 4.69) is 17.4 Å². The molecule has 0 aromatic carbocycles. The van der Waals surface area contributed by atoms with Crippen molar-refractivity contribution >= 4 is 17.6 Å². The molecule has 1 atom stereocenters. The van der Waals surface area contributed by atoms with E-state index in [1.807, 2.05) is 13.8 Å². The van der Waals surface area contributed by atoms with Gasteiger partial charge in [-0.1, -0.05) is 31.8 Å². The Kier molecular flexibility index (Phi) is 7.63. The van der Waals surface area contributed by atoms with Gasteiger partial charge in [-0.2, -0.15) is 0 Å². The van der Waals surface area contributed by atoms with Crippen LogP contribution in [-0.4, -0.2) is 35.0 Å². The molecule has 0 aliphatic heterocycles. The van der Waals surface area contributed by atoms with E-state index in [1.54, 1.807) is 17.9 Å². The molecular weight excluding hydrogens is 282 g/mol. The average Bonchev–Trinajstić information content (AvgIpc) is 2.90. The highest BCUT2D eigenvalue weighted by atomic mass is 16.5. The summed E-state index contributed by atoms with van der Waals surface area (Å²) in [6.07, 6.45) is 3.79. The van der Waals surface area contributed by atoms with Crippen LogP contribution in [0.1, 0.15) is 52.2 Å². The normalized spacial score (nSPS) is 12.0. The highest BCUT2D eigenvalue weighted by molar-refractivity contribution is 5.94. The maximum Gasteiger partial charge on any atom is 0.245 e. The van der Waals surface area contributed by atoms with Gasteiger partial charge in [0.25, 0.3) is 0 Å². The molecule has 2 amide bonds. The minimum atomic E-state index is -0.256. The summed E-state index contributed by atoms with van der Waals surface area (Å²) in [5, 5.41) is 6.36. The van der Waals surface area contributed by atoms with Crippen LogP contribution in [0.25, 0.3) is 0 Å². The Morgan fingerprint density at radius 2 is 2.09 bits per heavy atom. The van der Waals surface area contributed by atoms with Gasteiger partial charge in [0.15, 0.2) is 5.82 Å². The Bertz CT molecular complexity index is 485.